The molecular formula is C4H9N5. The van der Waals surface area contributed by atoms with Crippen LogP contribution in [0.3, 0.4) is 0 Å². The molecule has 1 aromatic rings. The summed E-state index contributed by atoms with van der Waals surface area (Å²) in [5.74, 6) is 0.741. The van der Waals surface area contributed by atoms with E-state index in [9.17, 15) is 0 Å². The second kappa shape index (κ2) is 1.93. The van der Waals surface area contributed by atoms with Gasteiger partial charge in [-0.05, 0) is 6.92 Å². The van der Waals surface area contributed by atoms with Gasteiger partial charge in [0.1, 0.15) is 0 Å². The third kappa shape index (κ3) is 0.802. The summed E-state index contributed by atoms with van der Waals surface area (Å²) in [6, 6.07) is 0. The molecule has 5 nitrogen and oxygen atoms in total. The van der Waals surface area contributed by atoms with Crippen LogP contribution in [0.25, 0.3) is 0 Å². The van der Waals surface area contributed by atoms with Crippen molar-refractivity contribution < 1.29 is 0 Å². The zero-order valence-corrected chi connectivity index (χ0v) is 5.20. The van der Waals surface area contributed by atoms with Gasteiger partial charge in [-0.25, -0.2) is 0 Å². The Balaban J connectivity index is 3.07. The summed E-state index contributed by atoms with van der Waals surface area (Å²) in [5.41, 5.74) is 10.7. The summed E-state index contributed by atoms with van der Waals surface area (Å²) in [6.07, 6.45) is 0. The zero-order chi connectivity index (χ0) is 6.85. The molecule has 0 aromatic carbocycles. The van der Waals surface area contributed by atoms with Crippen molar-refractivity contribution in [1.29, 1.82) is 0 Å². The van der Waals surface area contributed by atoms with Gasteiger partial charge in [0, 0.05) is 6.54 Å². The lowest BCUT2D eigenvalue weighted by molar-refractivity contribution is 0.782. The van der Waals surface area contributed by atoms with Gasteiger partial charge in [-0.3, -0.25) is 4.57 Å². The Bertz CT molecular complexity index is 183. The van der Waals surface area contributed by atoms with Crippen molar-refractivity contribution in [2.75, 3.05) is 11.5 Å². The molecule has 0 saturated heterocycles. The van der Waals surface area contributed by atoms with Gasteiger partial charge in [-0.15, -0.1) is 10.2 Å². The predicted molar refractivity (Wildman–Crippen MR) is 34.5 cm³/mol. The van der Waals surface area contributed by atoms with Crippen LogP contribution in [-0.2, 0) is 6.54 Å². The summed E-state index contributed by atoms with van der Waals surface area (Å²) >= 11 is 0. The van der Waals surface area contributed by atoms with E-state index in [0.29, 0.717) is 18.4 Å². The molecule has 0 aliphatic heterocycles. The maximum absolute atomic E-state index is 5.36. The Morgan fingerprint density at radius 2 is 1.78 bits per heavy atom. The van der Waals surface area contributed by atoms with Crippen molar-refractivity contribution in [3.8, 4) is 0 Å². The Kier molecular flexibility index (Phi) is 1.26. The maximum Gasteiger partial charge on any atom is 0.223 e. The zero-order valence-electron chi connectivity index (χ0n) is 5.20. The molecule has 0 radical (unpaired) electrons. The number of nitrogen functional groups attached to an aromatic ring is 2. The first-order valence-electron chi connectivity index (χ1n) is 2.70. The molecule has 9 heavy (non-hydrogen) atoms. The van der Waals surface area contributed by atoms with Gasteiger partial charge in [0.05, 0.1) is 0 Å². The van der Waals surface area contributed by atoms with E-state index < -0.39 is 0 Å². The lowest BCUT2D eigenvalue weighted by Crippen LogP contribution is -2.04. The van der Waals surface area contributed by atoms with E-state index in [1.807, 2.05) is 6.92 Å². The molecule has 1 heterocycles. The van der Waals surface area contributed by atoms with Crippen LogP contribution in [0.15, 0.2) is 0 Å². The molecule has 5 heteroatoms. The highest BCUT2D eigenvalue weighted by Gasteiger charge is 2.00. The minimum Gasteiger partial charge on any atom is -0.368 e. The van der Waals surface area contributed by atoms with Crippen molar-refractivity contribution in [1.82, 2.24) is 14.8 Å². The van der Waals surface area contributed by atoms with Gasteiger partial charge in [-0.1, -0.05) is 0 Å². The Hall–Kier alpha value is -1.26. The molecule has 0 aliphatic rings. The molecule has 0 bridgehead atoms. The first-order valence-corrected chi connectivity index (χ1v) is 2.70. The van der Waals surface area contributed by atoms with Crippen molar-refractivity contribution >= 4 is 11.9 Å². The molecule has 0 atom stereocenters. The van der Waals surface area contributed by atoms with Crippen molar-refractivity contribution in [2.45, 2.75) is 13.5 Å². The second-order valence-electron chi connectivity index (χ2n) is 1.66. The molecule has 0 saturated carbocycles. The number of nitrogens with two attached hydrogens (primary N) is 2. The van der Waals surface area contributed by atoms with Crippen LogP contribution >= 0.6 is 0 Å². The van der Waals surface area contributed by atoms with Crippen LogP contribution in [0.2, 0.25) is 0 Å². The second-order valence-corrected chi connectivity index (χ2v) is 1.66. The van der Waals surface area contributed by atoms with E-state index in [2.05, 4.69) is 10.2 Å². The largest absolute Gasteiger partial charge is 0.368 e. The minimum absolute atomic E-state index is 0.370. The monoisotopic (exact) mass is 127 g/mol. The highest BCUT2D eigenvalue weighted by molar-refractivity contribution is 5.28. The average Bonchev–Trinajstić information content (AvgIpc) is 2.12. The summed E-state index contributed by atoms with van der Waals surface area (Å²) in [6.45, 7) is 2.64. The van der Waals surface area contributed by atoms with Crippen LogP contribution in [0.1, 0.15) is 6.92 Å². The fourth-order valence-electron chi connectivity index (χ4n) is 0.652. The van der Waals surface area contributed by atoms with Crippen LogP contribution in [0.5, 0.6) is 0 Å². The first-order chi connectivity index (χ1) is 4.25. The Morgan fingerprint density at radius 1 is 1.33 bits per heavy atom. The van der Waals surface area contributed by atoms with E-state index in [1.165, 1.54) is 0 Å². The van der Waals surface area contributed by atoms with E-state index >= 15 is 0 Å². The summed E-state index contributed by atoms with van der Waals surface area (Å²) in [7, 11) is 0. The van der Waals surface area contributed by atoms with Gasteiger partial charge in [0.15, 0.2) is 0 Å². The number of rotatable bonds is 1. The molecule has 1 aromatic heterocycles. The minimum atomic E-state index is 0.370. The highest BCUT2D eigenvalue weighted by atomic mass is 15.4. The molecular weight excluding hydrogens is 118 g/mol. The summed E-state index contributed by atoms with van der Waals surface area (Å²) in [5, 5.41) is 7.11. The third-order valence-electron chi connectivity index (χ3n) is 1.12. The summed E-state index contributed by atoms with van der Waals surface area (Å²) in [4.78, 5) is 0. The molecule has 0 aliphatic carbocycles. The molecule has 0 amide bonds. The van der Waals surface area contributed by atoms with Crippen molar-refractivity contribution in [2.24, 2.45) is 0 Å². The fourth-order valence-corrected chi connectivity index (χ4v) is 0.652. The number of aromatic nitrogens is 3. The van der Waals surface area contributed by atoms with Gasteiger partial charge < -0.3 is 11.5 Å². The standard InChI is InChI=1S/C4H9N5/c1-2-9-3(5)7-8-4(9)6/h2H2,1H3,(H2,5,7)(H2,6,8). The molecule has 0 fully saturated rings. The SMILES string of the molecule is CCn1c(N)nnc1N. The molecule has 1 rings (SSSR count). The van der Waals surface area contributed by atoms with Crippen LogP contribution in [-0.4, -0.2) is 14.8 Å². The molecule has 4 N–H and O–H groups in total. The van der Waals surface area contributed by atoms with E-state index in [4.69, 9.17) is 11.5 Å². The number of hydrogen-bond acceptors (Lipinski definition) is 4. The summed E-state index contributed by atoms with van der Waals surface area (Å²) < 4.78 is 1.62. The van der Waals surface area contributed by atoms with Crippen LogP contribution in [0, 0.1) is 0 Å². The number of nitrogens with zero attached hydrogens (tertiary/aromatic N) is 3. The predicted octanol–water partition coefficient (Wildman–Crippen LogP) is -0.538. The Labute approximate surface area is 52.7 Å². The van der Waals surface area contributed by atoms with Crippen molar-refractivity contribution in [3.05, 3.63) is 0 Å². The normalized spacial score (nSPS) is 9.89. The quantitative estimate of drug-likeness (QED) is 0.530. The molecule has 0 unspecified atom stereocenters. The van der Waals surface area contributed by atoms with E-state index in [-0.39, 0.29) is 0 Å². The average molecular weight is 127 g/mol. The topological polar surface area (TPSA) is 82.8 Å². The smallest absolute Gasteiger partial charge is 0.223 e. The highest BCUT2D eigenvalue weighted by Crippen LogP contribution is 2.02. The van der Waals surface area contributed by atoms with Crippen LogP contribution in [0.4, 0.5) is 11.9 Å². The number of hydrogen-bond donors (Lipinski definition) is 2. The van der Waals surface area contributed by atoms with Crippen LogP contribution < -0.4 is 11.5 Å². The van der Waals surface area contributed by atoms with E-state index in [1.54, 1.807) is 4.57 Å². The van der Waals surface area contributed by atoms with Gasteiger partial charge in [0.2, 0.25) is 11.9 Å². The lowest BCUT2D eigenvalue weighted by Gasteiger charge is -1.97. The number of anilines is 2. The Morgan fingerprint density at radius 3 is 2.00 bits per heavy atom. The van der Waals surface area contributed by atoms with E-state index in [0.717, 1.165) is 0 Å². The van der Waals surface area contributed by atoms with Gasteiger partial charge in [0.25, 0.3) is 0 Å². The fraction of sp³-hybridized carbons (Fsp3) is 0.500. The molecule has 0 spiro atoms. The van der Waals surface area contributed by atoms with Gasteiger partial charge >= 0.3 is 0 Å². The maximum atomic E-state index is 5.36. The van der Waals surface area contributed by atoms with Crippen molar-refractivity contribution in [3.63, 3.8) is 0 Å². The lowest BCUT2D eigenvalue weighted by atomic mass is 10.7. The van der Waals surface area contributed by atoms with Gasteiger partial charge in [-0.2, -0.15) is 0 Å². The third-order valence-corrected chi connectivity index (χ3v) is 1.12. The first kappa shape index (κ1) is 5.87. The molecule has 50 valence electrons.